The van der Waals surface area contributed by atoms with Gasteiger partial charge in [0.05, 0.1) is 0 Å². The minimum Gasteiger partial charge on any atom is -0.462 e. The molecule has 0 N–H and O–H groups in total. The molecule has 0 spiro atoms. The lowest BCUT2D eigenvalue weighted by Crippen LogP contribution is -2.30. The molecule has 0 heterocycles. The SMILES string of the molecule is CC/C=C\C/C=C\C/C=C\C/C=C\C/C=C\CCCCCC(=O)OC(COC(=O)CCCCCCCCCCCCCCCCCC)COC(=O)CCCCCCCCCCCCCCCCCCC/C=C\C/C=C\CCCCCCC. The quantitative estimate of drug-likeness (QED) is 0.0261. The van der Waals surface area contributed by atoms with Gasteiger partial charge in [0, 0.05) is 19.3 Å². The summed E-state index contributed by atoms with van der Waals surface area (Å²) in [5, 5.41) is 0. The van der Waals surface area contributed by atoms with Crippen LogP contribution in [0.25, 0.3) is 0 Å². The fourth-order valence-corrected chi connectivity index (χ4v) is 10.3. The van der Waals surface area contributed by atoms with Crippen molar-refractivity contribution in [3.05, 3.63) is 85.1 Å². The van der Waals surface area contributed by atoms with Crippen LogP contribution in [0.2, 0.25) is 0 Å². The third kappa shape index (κ3) is 67.4. The molecule has 1 unspecified atom stereocenters. The zero-order chi connectivity index (χ0) is 59.2. The van der Waals surface area contributed by atoms with Crippen LogP contribution in [0.15, 0.2) is 85.1 Å². The van der Waals surface area contributed by atoms with Gasteiger partial charge in [0.15, 0.2) is 6.10 Å². The third-order valence-electron chi connectivity index (χ3n) is 15.6. The van der Waals surface area contributed by atoms with E-state index in [2.05, 4.69) is 106 Å². The topological polar surface area (TPSA) is 78.9 Å². The van der Waals surface area contributed by atoms with Crippen molar-refractivity contribution in [3.8, 4) is 0 Å². The monoisotopic (exact) mass is 1140 g/mol. The van der Waals surface area contributed by atoms with Crippen molar-refractivity contribution in [3.63, 3.8) is 0 Å². The van der Waals surface area contributed by atoms with Gasteiger partial charge in [-0.2, -0.15) is 0 Å². The maximum Gasteiger partial charge on any atom is 0.306 e. The average molecular weight is 1140 g/mol. The van der Waals surface area contributed by atoms with Crippen LogP contribution in [0.1, 0.15) is 361 Å². The number of hydrogen-bond acceptors (Lipinski definition) is 6. The lowest BCUT2D eigenvalue weighted by molar-refractivity contribution is -0.167. The maximum atomic E-state index is 12.9. The first kappa shape index (κ1) is 78.6. The highest BCUT2D eigenvalue weighted by Crippen LogP contribution is 2.18. The number of allylic oxidation sites excluding steroid dienone is 14. The van der Waals surface area contributed by atoms with Gasteiger partial charge in [-0.3, -0.25) is 14.4 Å². The summed E-state index contributed by atoms with van der Waals surface area (Å²) in [7, 11) is 0. The molecular weight excluding hydrogens is 1010 g/mol. The Kier molecular flexibility index (Phi) is 67.2. The Hall–Kier alpha value is -3.41. The summed E-state index contributed by atoms with van der Waals surface area (Å²) >= 11 is 0. The average Bonchev–Trinajstić information content (AvgIpc) is 3.47. The van der Waals surface area contributed by atoms with Crippen LogP contribution < -0.4 is 0 Å². The molecule has 0 aromatic carbocycles. The van der Waals surface area contributed by atoms with Gasteiger partial charge in [-0.25, -0.2) is 0 Å². The summed E-state index contributed by atoms with van der Waals surface area (Å²) in [5.74, 6) is -0.898. The van der Waals surface area contributed by atoms with Gasteiger partial charge in [0.1, 0.15) is 13.2 Å². The van der Waals surface area contributed by atoms with E-state index in [4.69, 9.17) is 14.2 Å². The zero-order valence-corrected chi connectivity index (χ0v) is 54.5. The maximum absolute atomic E-state index is 12.9. The van der Waals surface area contributed by atoms with Gasteiger partial charge < -0.3 is 14.2 Å². The Balaban J connectivity index is 4.30. The van der Waals surface area contributed by atoms with Crippen LogP contribution in [0.4, 0.5) is 0 Å². The minimum absolute atomic E-state index is 0.0857. The van der Waals surface area contributed by atoms with E-state index in [1.165, 1.54) is 218 Å². The van der Waals surface area contributed by atoms with Crippen molar-refractivity contribution in [2.24, 2.45) is 0 Å². The van der Waals surface area contributed by atoms with Crippen molar-refractivity contribution in [1.29, 1.82) is 0 Å². The van der Waals surface area contributed by atoms with Crippen molar-refractivity contribution < 1.29 is 28.6 Å². The van der Waals surface area contributed by atoms with Gasteiger partial charge in [-0.1, -0.05) is 331 Å². The number of ether oxygens (including phenoxy) is 3. The van der Waals surface area contributed by atoms with Crippen LogP contribution in [0.3, 0.4) is 0 Å². The summed E-state index contributed by atoms with van der Waals surface area (Å²) in [5.41, 5.74) is 0. The van der Waals surface area contributed by atoms with Crippen molar-refractivity contribution in [2.75, 3.05) is 13.2 Å². The van der Waals surface area contributed by atoms with Gasteiger partial charge in [-0.05, 0) is 96.3 Å². The zero-order valence-electron chi connectivity index (χ0n) is 54.5. The molecular formula is C76H134O6. The highest BCUT2D eigenvalue weighted by Gasteiger charge is 2.19. The summed E-state index contributed by atoms with van der Waals surface area (Å²) in [6.07, 6.45) is 93.3. The van der Waals surface area contributed by atoms with Gasteiger partial charge in [0.2, 0.25) is 0 Å². The van der Waals surface area contributed by atoms with Crippen LogP contribution in [0, 0.1) is 0 Å². The predicted molar refractivity (Wildman–Crippen MR) is 358 cm³/mol. The molecule has 0 amide bonds. The summed E-state index contributed by atoms with van der Waals surface area (Å²) in [6, 6.07) is 0. The lowest BCUT2D eigenvalue weighted by atomic mass is 10.0. The first-order chi connectivity index (χ1) is 40.5. The Labute approximate surface area is 509 Å². The van der Waals surface area contributed by atoms with Crippen LogP contribution in [-0.2, 0) is 28.6 Å². The number of esters is 3. The number of hydrogen-bond donors (Lipinski definition) is 0. The molecule has 0 radical (unpaired) electrons. The number of carbonyl (C=O) groups is 3. The second-order valence-corrected chi connectivity index (χ2v) is 23.8. The number of carbonyl (C=O) groups excluding carboxylic acids is 3. The van der Waals surface area contributed by atoms with E-state index < -0.39 is 6.10 Å². The molecule has 0 saturated heterocycles. The largest absolute Gasteiger partial charge is 0.462 e. The second kappa shape index (κ2) is 70.1. The first-order valence-electron chi connectivity index (χ1n) is 35.6. The normalized spacial score (nSPS) is 12.6. The van der Waals surface area contributed by atoms with Crippen LogP contribution >= 0.6 is 0 Å². The molecule has 1 atom stereocenters. The van der Waals surface area contributed by atoms with E-state index in [9.17, 15) is 14.4 Å². The molecule has 0 rings (SSSR count). The molecule has 474 valence electrons. The molecule has 0 aliphatic rings. The summed E-state index contributed by atoms with van der Waals surface area (Å²) < 4.78 is 17.0. The van der Waals surface area contributed by atoms with E-state index in [0.29, 0.717) is 19.3 Å². The Morgan fingerprint density at radius 1 is 0.256 bits per heavy atom. The summed E-state index contributed by atoms with van der Waals surface area (Å²) in [6.45, 7) is 6.54. The summed E-state index contributed by atoms with van der Waals surface area (Å²) in [4.78, 5) is 38.4. The number of unbranched alkanes of at least 4 members (excludes halogenated alkanes) is 40. The standard InChI is InChI=1S/C76H134O6/c1-4-7-10-13-16-19-22-25-28-31-33-34-35-36-37-38-39-40-41-42-44-45-48-51-54-57-60-63-66-69-75(78)81-72-73(71-80-74(77)68-65-62-59-56-53-50-47-30-27-24-21-18-15-12-9-6-3)82-76(79)70-67-64-61-58-55-52-49-46-43-32-29-26-23-20-17-14-11-8-5-2/h8,11,17,20,22,25-26,29,31,33,43,46,52,55,73H,4-7,9-10,12-16,18-19,21,23-24,27-28,30,32,34-42,44-45,47-51,53-54,56-72H2,1-3H3/b11-8-,20-17-,25-22-,29-26-,33-31-,46-43-,55-52-. The molecule has 0 fully saturated rings. The highest BCUT2D eigenvalue weighted by atomic mass is 16.6. The van der Waals surface area contributed by atoms with E-state index in [1.807, 2.05) is 0 Å². The van der Waals surface area contributed by atoms with Crippen molar-refractivity contribution in [2.45, 2.75) is 367 Å². The molecule has 6 heteroatoms. The van der Waals surface area contributed by atoms with E-state index in [1.54, 1.807) is 0 Å². The Bertz CT molecular complexity index is 1550. The van der Waals surface area contributed by atoms with E-state index >= 15 is 0 Å². The molecule has 6 nitrogen and oxygen atoms in total. The molecule has 0 aliphatic heterocycles. The molecule has 0 aliphatic carbocycles. The number of rotatable bonds is 65. The first-order valence-corrected chi connectivity index (χ1v) is 35.6. The predicted octanol–water partition coefficient (Wildman–Crippen LogP) is 24.6. The minimum atomic E-state index is -0.794. The lowest BCUT2D eigenvalue weighted by Gasteiger charge is -2.18. The highest BCUT2D eigenvalue weighted by molar-refractivity contribution is 5.71. The second-order valence-electron chi connectivity index (χ2n) is 23.8. The van der Waals surface area contributed by atoms with Crippen LogP contribution in [0.5, 0.6) is 0 Å². The van der Waals surface area contributed by atoms with E-state index in [-0.39, 0.29) is 31.1 Å². The van der Waals surface area contributed by atoms with E-state index in [0.717, 1.165) is 103 Å². The molecule has 82 heavy (non-hydrogen) atoms. The fraction of sp³-hybridized carbons (Fsp3) is 0.776. The molecule has 0 saturated carbocycles. The fourth-order valence-electron chi connectivity index (χ4n) is 10.3. The Morgan fingerprint density at radius 3 is 0.756 bits per heavy atom. The van der Waals surface area contributed by atoms with Crippen LogP contribution in [-0.4, -0.2) is 37.2 Å². The van der Waals surface area contributed by atoms with Gasteiger partial charge in [0.25, 0.3) is 0 Å². The van der Waals surface area contributed by atoms with Crippen molar-refractivity contribution >= 4 is 17.9 Å². The molecule has 0 bridgehead atoms. The molecule has 0 aromatic heterocycles. The molecule has 0 aromatic rings. The smallest absolute Gasteiger partial charge is 0.306 e. The van der Waals surface area contributed by atoms with Crippen molar-refractivity contribution in [1.82, 2.24) is 0 Å². The third-order valence-corrected chi connectivity index (χ3v) is 15.6. The Morgan fingerprint density at radius 2 is 0.476 bits per heavy atom. The van der Waals surface area contributed by atoms with Gasteiger partial charge in [-0.15, -0.1) is 0 Å². The van der Waals surface area contributed by atoms with Gasteiger partial charge >= 0.3 is 17.9 Å².